The standard InChI is InChI=1S/C15H28N4O2/c1-11(12(2)16)14(17)19-7-4-15(5-8-19,6-9-20)10-13(21)18-3/h9,11-12,17H,4-8,10,16H2,1-3H3,(H,18,21). The molecule has 1 fully saturated rings. The molecule has 0 bridgehead atoms. The zero-order chi connectivity index (χ0) is 16.0. The van der Waals surface area contributed by atoms with E-state index in [0.717, 1.165) is 19.1 Å². The minimum Gasteiger partial charge on any atom is -0.360 e. The molecule has 0 aromatic carbocycles. The maximum atomic E-state index is 11.7. The number of hydrogen-bond acceptors (Lipinski definition) is 4. The molecule has 0 spiro atoms. The molecule has 1 aliphatic rings. The third-order valence-electron chi connectivity index (χ3n) is 4.72. The number of carbonyl (C=O) groups excluding carboxylic acids is 2. The van der Waals surface area contributed by atoms with Crippen LogP contribution in [-0.4, -0.2) is 49.1 Å². The van der Waals surface area contributed by atoms with Gasteiger partial charge in [0.25, 0.3) is 0 Å². The lowest BCUT2D eigenvalue weighted by Gasteiger charge is -2.42. The predicted molar refractivity (Wildman–Crippen MR) is 83.1 cm³/mol. The first kappa shape index (κ1) is 17.6. The van der Waals surface area contributed by atoms with Crippen molar-refractivity contribution >= 4 is 18.0 Å². The van der Waals surface area contributed by atoms with Crippen molar-refractivity contribution in [1.82, 2.24) is 10.2 Å². The summed E-state index contributed by atoms with van der Waals surface area (Å²) in [5, 5.41) is 10.9. The van der Waals surface area contributed by atoms with E-state index in [4.69, 9.17) is 11.1 Å². The van der Waals surface area contributed by atoms with Gasteiger partial charge in [-0.05, 0) is 25.2 Å². The number of nitrogens with one attached hydrogen (secondary N) is 2. The Kier molecular flexibility index (Phi) is 6.33. The highest BCUT2D eigenvalue weighted by molar-refractivity contribution is 5.82. The van der Waals surface area contributed by atoms with E-state index >= 15 is 0 Å². The van der Waals surface area contributed by atoms with E-state index in [-0.39, 0.29) is 23.3 Å². The van der Waals surface area contributed by atoms with Crippen molar-refractivity contribution in [2.75, 3.05) is 20.1 Å². The van der Waals surface area contributed by atoms with Crippen LogP contribution in [0, 0.1) is 16.7 Å². The van der Waals surface area contributed by atoms with Gasteiger partial charge in [-0.3, -0.25) is 10.2 Å². The second-order valence-electron chi connectivity index (χ2n) is 6.24. The van der Waals surface area contributed by atoms with Crippen LogP contribution < -0.4 is 11.1 Å². The number of carbonyl (C=O) groups is 2. The molecule has 1 amide bonds. The number of amides is 1. The van der Waals surface area contributed by atoms with Crippen LogP contribution in [0.3, 0.4) is 0 Å². The smallest absolute Gasteiger partial charge is 0.220 e. The molecular weight excluding hydrogens is 268 g/mol. The summed E-state index contributed by atoms with van der Waals surface area (Å²) < 4.78 is 0. The van der Waals surface area contributed by atoms with Crippen molar-refractivity contribution in [3.8, 4) is 0 Å². The predicted octanol–water partition coefficient (Wildman–Crippen LogP) is 0.754. The van der Waals surface area contributed by atoms with Gasteiger partial charge in [0.15, 0.2) is 0 Å². The van der Waals surface area contributed by atoms with Crippen LogP contribution in [0.1, 0.15) is 39.5 Å². The number of amidine groups is 1. The van der Waals surface area contributed by atoms with Crippen LogP contribution in [-0.2, 0) is 9.59 Å². The van der Waals surface area contributed by atoms with Crippen molar-refractivity contribution in [2.45, 2.75) is 45.6 Å². The molecule has 120 valence electrons. The van der Waals surface area contributed by atoms with Gasteiger partial charge in [0, 0.05) is 44.9 Å². The Morgan fingerprint density at radius 1 is 1.43 bits per heavy atom. The number of rotatable bonds is 6. The molecule has 0 saturated carbocycles. The fraction of sp³-hybridized carbons (Fsp3) is 0.800. The Hall–Kier alpha value is -1.43. The number of likely N-dealkylation sites (tertiary alicyclic amines) is 1. The summed E-state index contributed by atoms with van der Waals surface area (Å²) in [6.07, 6.45) is 3.21. The summed E-state index contributed by atoms with van der Waals surface area (Å²) in [5.74, 6) is 0.552. The van der Waals surface area contributed by atoms with Crippen LogP contribution in [0.15, 0.2) is 0 Å². The minimum absolute atomic E-state index is 0.0162. The van der Waals surface area contributed by atoms with Gasteiger partial charge in [-0.2, -0.15) is 0 Å². The quantitative estimate of drug-likeness (QED) is 0.383. The van der Waals surface area contributed by atoms with Gasteiger partial charge in [-0.15, -0.1) is 0 Å². The molecule has 6 heteroatoms. The first-order chi connectivity index (χ1) is 9.85. The number of hydrogen-bond donors (Lipinski definition) is 3. The van der Waals surface area contributed by atoms with Gasteiger partial charge in [0.2, 0.25) is 5.91 Å². The lowest BCUT2D eigenvalue weighted by Crippen LogP contribution is -2.48. The lowest BCUT2D eigenvalue weighted by molar-refractivity contribution is -0.124. The Balaban J connectivity index is 2.68. The van der Waals surface area contributed by atoms with Crippen LogP contribution in [0.4, 0.5) is 0 Å². The second-order valence-corrected chi connectivity index (χ2v) is 6.24. The maximum absolute atomic E-state index is 11.7. The van der Waals surface area contributed by atoms with Crippen molar-refractivity contribution in [2.24, 2.45) is 17.1 Å². The zero-order valence-corrected chi connectivity index (χ0v) is 13.3. The van der Waals surface area contributed by atoms with E-state index in [9.17, 15) is 9.59 Å². The molecule has 1 aliphatic heterocycles. The molecule has 0 aromatic rings. The molecule has 0 aliphatic carbocycles. The molecule has 4 N–H and O–H groups in total. The van der Waals surface area contributed by atoms with Gasteiger partial charge in [0.1, 0.15) is 12.1 Å². The third-order valence-corrected chi connectivity index (χ3v) is 4.72. The molecule has 1 rings (SSSR count). The molecule has 2 unspecified atom stereocenters. The van der Waals surface area contributed by atoms with Crippen LogP contribution in [0.5, 0.6) is 0 Å². The van der Waals surface area contributed by atoms with Gasteiger partial charge in [-0.1, -0.05) is 6.92 Å². The molecule has 6 nitrogen and oxygen atoms in total. The first-order valence-corrected chi connectivity index (χ1v) is 7.58. The summed E-state index contributed by atoms with van der Waals surface area (Å²) in [5.41, 5.74) is 5.61. The Morgan fingerprint density at radius 3 is 2.43 bits per heavy atom. The molecule has 2 atom stereocenters. The minimum atomic E-state index is -0.254. The number of piperidine rings is 1. The summed E-state index contributed by atoms with van der Waals surface area (Å²) in [4.78, 5) is 24.7. The molecule has 0 aromatic heterocycles. The van der Waals surface area contributed by atoms with Gasteiger partial charge < -0.3 is 20.7 Å². The molecular formula is C15H28N4O2. The fourth-order valence-electron chi connectivity index (χ4n) is 2.82. The van der Waals surface area contributed by atoms with E-state index in [2.05, 4.69) is 5.32 Å². The monoisotopic (exact) mass is 296 g/mol. The largest absolute Gasteiger partial charge is 0.360 e. The van der Waals surface area contributed by atoms with E-state index in [1.807, 2.05) is 18.7 Å². The van der Waals surface area contributed by atoms with Gasteiger partial charge >= 0.3 is 0 Å². The Bertz CT molecular complexity index is 387. The van der Waals surface area contributed by atoms with Gasteiger partial charge in [-0.25, -0.2) is 0 Å². The first-order valence-electron chi connectivity index (χ1n) is 7.58. The fourth-order valence-corrected chi connectivity index (χ4v) is 2.82. The SMILES string of the molecule is CNC(=O)CC1(CC=O)CCN(C(=N)C(C)C(C)N)CC1. The van der Waals surface area contributed by atoms with Crippen molar-refractivity contribution in [3.05, 3.63) is 0 Å². The van der Waals surface area contributed by atoms with Crippen molar-refractivity contribution < 1.29 is 9.59 Å². The van der Waals surface area contributed by atoms with Crippen molar-refractivity contribution in [1.29, 1.82) is 5.41 Å². The second kappa shape index (κ2) is 7.54. The van der Waals surface area contributed by atoms with Crippen LogP contribution in [0.2, 0.25) is 0 Å². The highest BCUT2D eigenvalue weighted by atomic mass is 16.1. The highest BCUT2D eigenvalue weighted by Crippen LogP contribution is 2.38. The number of aldehydes is 1. The van der Waals surface area contributed by atoms with E-state index < -0.39 is 0 Å². The third kappa shape index (κ3) is 4.52. The Labute approximate surface area is 127 Å². The maximum Gasteiger partial charge on any atom is 0.220 e. The number of nitrogens with two attached hydrogens (primary N) is 1. The number of nitrogens with zero attached hydrogens (tertiary/aromatic N) is 1. The molecule has 0 radical (unpaired) electrons. The summed E-state index contributed by atoms with van der Waals surface area (Å²) in [6.45, 7) is 5.29. The molecule has 1 heterocycles. The highest BCUT2D eigenvalue weighted by Gasteiger charge is 2.37. The van der Waals surface area contributed by atoms with E-state index in [1.165, 1.54) is 0 Å². The van der Waals surface area contributed by atoms with E-state index in [1.54, 1.807) is 7.05 Å². The summed E-state index contributed by atoms with van der Waals surface area (Å²) in [7, 11) is 1.62. The van der Waals surface area contributed by atoms with Crippen LogP contribution in [0.25, 0.3) is 0 Å². The average molecular weight is 296 g/mol. The zero-order valence-electron chi connectivity index (χ0n) is 13.3. The average Bonchev–Trinajstić information content (AvgIpc) is 2.46. The van der Waals surface area contributed by atoms with Gasteiger partial charge in [0.05, 0.1) is 0 Å². The van der Waals surface area contributed by atoms with Crippen molar-refractivity contribution in [3.63, 3.8) is 0 Å². The summed E-state index contributed by atoms with van der Waals surface area (Å²) >= 11 is 0. The lowest BCUT2D eigenvalue weighted by atomic mass is 9.73. The molecule has 21 heavy (non-hydrogen) atoms. The normalized spacial score (nSPS) is 20.5. The topological polar surface area (TPSA) is 99.3 Å². The Morgan fingerprint density at radius 2 is 2.00 bits per heavy atom. The molecule has 1 saturated heterocycles. The van der Waals surface area contributed by atoms with E-state index in [0.29, 0.717) is 31.8 Å². The summed E-state index contributed by atoms with van der Waals surface area (Å²) in [6, 6.07) is -0.0509. The van der Waals surface area contributed by atoms with Crippen LogP contribution >= 0.6 is 0 Å².